The second-order valence-corrected chi connectivity index (χ2v) is 8.34. The number of aromatic nitrogens is 2. The Morgan fingerprint density at radius 3 is 2.70 bits per heavy atom. The summed E-state index contributed by atoms with van der Waals surface area (Å²) >= 11 is 0. The van der Waals surface area contributed by atoms with E-state index in [1.165, 1.54) is 0 Å². The zero-order valence-electron chi connectivity index (χ0n) is 17.6. The van der Waals surface area contributed by atoms with Gasteiger partial charge < -0.3 is 9.42 Å². The van der Waals surface area contributed by atoms with Crippen LogP contribution in [0, 0.1) is 5.41 Å². The molecule has 1 unspecified atom stereocenters. The molecule has 1 aliphatic heterocycles. The van der Waals surface area contributed by atoms with Crippen LogP contribution in [0.2, 0.25) is 0 Å². The van der Waals surface area contributed by atoms with Crippen LogP contribution >= 0.6 is 0 Å². The van der Waals surface area contributed by atoms with E-state index in [0.717, 1.165) is 48.6 Å². The van der Waals surface area contributed by atoms with Crippen LogP contribution in [-0.4, -0.2) is 53.0 Å². The molecule has 6 heteroatoms. The van der Waals surface area contributed by atoms with E-state index in [1.54, 1.807) is 4.90 Å². The first-order valence-electron chi connectivity index (χ1n) is 10.4. The van der Waals surface area contributed by atoms with Crippen LogP contribution < -0.4 is 0 Å². The number of rotatable bonds is 6. The molecule has 3 aromatic rings. The predicted octanol–water partition coefficient (Wildman–Crippen LogP) is 3.65. The minimum Gasteiger partial charge on any atom is -0.361 e. The molecule has 1 atom stereocenters. The Hall–Kier alpha value is -2.99. The highest BCUT2D eigenvalue weighted by Gasteiger charge is 2.44. The third kappa shape index (κ3) is 4.44. The molecule has 0 saturated carbocycles. The number of pyridine rings is 1. The zero-order chi connectivity index (χ0) is 21.0. The first-order chi connectivity index (χ1) is 14.6. The fourth-order valence-corrected chi connectivity index (χ4v) is 4.43. The Balaban J connectivity index is 1.57. The van der Waals surface area contributed by atoms with Crippen molar-refractivity contribution >= 4 is 5.91 Å². The quantitative estimate of drug-likeness (QED) is 0.628. The highest BCUT2D eigenvalue weighted by atomic mass is 16.5. The van der Waals surface area contributed by atoms with Crippen LogP contribution in [0.25, 0.3) is 11.3 Å². The van der Waals surface area contributed by atoms with Crippen LogP contribution in [0.3, 0.4) is 0 Å². The Kier molecular flexibility index (Phi) is 5.95. The fourth-order valence-electron chi connectivity index (χ4n) is 4.43. The molecule has 1 amide bonds. The lowest BCUT2D eigenvalue weighted by Crippen LogP contribution is -2.52. The Morgan fingerprint density at radius 2 is 1.97 bits per heavy atom. The summed E-state index contributed by atoms with van der Waals surface area (Å²) in [5.74, 6) is 0.898. The standard InChI is InChI=1S/C24H28N4O2/c1-27(2)23(29)24(12-8-14-28(18-24)17-20-11-6-7-13-25-20)16-21-15-22(26-30-21)19-9-4-3-5-10-19/h3-7,9-11,13,15H,8,12,14,16-18H2,1-2H3. The van der Waals surface area contributed by atoms with Crippen molar-refractivity contribution in [1.82, 2.24) is 19.9 Å². The van der Waals surface area contributed by atoms with Gasteiger partial charge in [-0.1, -0.05) is 41.6 Å². The molecule has 3 heterocycles. The zero-order valence-corrected chi connectivity index (χ0v) is 17.6. The summed E-state index contributed by atoms with van der Waals surface area (Å²) in [7, 11) is 3.66. The second-order valence-electron chi connectivity index (χ2n) is 8.34. The van der Waals surface area contributed by atoms with Gasteiger partial charge in [0, 0.05) is 51.4 Å². The molecule has 1 saturated heterocycles. The van der Waals surface area contributed by atoms with Gasteiger partial charge in [0.2, 0.25) is 5.91 Å². The van der Waals surface area contributed by atoms with Gasteiger partial charge in [0.25, 0.3) is 0 Å². The lowest BCUT2D eigenvalue weighted by atomic mass is 9.75. The van der Waals surface area contributed by atoms with E-state index >= 15 is 0 Å². The van der Waals surface area contributed by atoms with Gasteiger partial charge in [0.05, 0.1) is 11.1 Å². The molecule has 2 aromatic heterocycles. The Bertz CT molecular complexity index is 971. The normalized spacial score (nSPS) is 19.5. The van der Waals surface area contributed by atoms with E-state index < -0.39 is 5.41 Å². The van der Waals surface area contributed by atoms with E-state index in [4.69, 9.17) is 4.52 Å². The number of carbonyl (C=O) groups excluding carboxylic acids is 1. The van der Waals surface area contributed by atoms with Gasteiger partial charge in [0.15, 0.2) is 0 Å². The van der Waals surface area contributed by atoms with E-state index in [1.807, 2.05) is 74.9 Å². The summed E-state index contributed by atoms with van der Waals surface area (Å²) in [5, 5.41) is 4.25. The molecule has 0 spiro atoms. The molecular formula is C24H28N4O2. The predicted molar refractivity (Wildman–Crippen MR) is 116 cm³/mol. The molecule has 0 bridgehead atoms. The average Bonchev–Trinajstić information content (AvgIpc) is 3.23. The van der Waals surface area contributed by atoms with Crippen LogP contribution in [0.4, 0.5) is 0 Å². The number of amides is 1. The third-order valence-corrected chi connectivity index (χ3v) is 5.77. The van der Waals surface area contributed by atoms with Gasteiger partial charge in [-0.2, -0.15) is 0 Å². The van der Waals surface area contributed by atoms with Crippen molar-refractivity contribution in [1.29, 1.82) is 0 Å². The maximum Gasteiger partial charge on any atom is 0.230 e. The lowest BCUT2D eigenvalue weighted by molar-refractivity contribution is -0.143. The molecule has 0 N–H and O–H groups in total. The summed E-state index contributed by atoms with van der Waals surface area (Å²) in [5.41, 5.74) is 2.32. The Labute approximate surface area is 177 Å². The SMILES string of the molecule is CN(C)C(=O)C1(Cc2cc(-c3ccccc3)no2)CCCN(Cc2ccccn2)C1. The molecule has 1 fully saturated rings. The topological polar surface area (TPSA) is 62.5 Å². The maximum atomic E-state index is 13.3. The smallest absolute Gasteiger partial charge is 0.230 e. The molecule has 1 aliphatic rings. The van der Waals surface area contributed by atoms with Gasteiger partial charge in [-0.25, -0.2) is 0 Å². The lowest BCUT2D eigenvalue weighted by Gasteiger charge is -2.42. The van der Waals surface area contributed by atoms with Gasteiger partial charge in [-0.05, 0) is 31.5 Å². The number of nitrogens with zero attached hydrogens (tertiary/aromatic N) is 4. The van der Waals surface area contributed by atoms with Crippen LogP contribution in [0.1, 0.15) is 24.3 Å². The van der Waals surface area contributed by atoms with Crippen molar-refractivity contribution in [2.45, 2.75) is 25.8 Å². The van der Waals surface area contributed by atoms with E-state index in [9.17, 15) is 4.79 Å². The molecule has 30 heavy (non-hydrogen) atoms. The van der Waals surface area contributed by atoms with Crippen LogP contribution in [-0.2, 0) is 17.8 Å². The summed E-state index contributed by atoms with van der Waals surface area (Å²) in [4.78, 5) is 21.8. The summed E-state index contributed by atoms with van der Waals surface area (Å²) in [6, 6.07) is 17.9. The molecule has 0 radical (unpaired) electrons. The maximum absolute atomic E-state index is 13.3. The van der Waals surface area contributed by atoms with Crippen molar-refractivity contribution in [3.8, 4) is 11.3 Å². The van der Waals surface area contributed by atoms with Crippen LogP contribution in [0.5, 0.6) is 0 Å². The van der Waals surface area contributed by atoms with Gasteiger partial charge in [0.1, 0.15) is 11.5 Å². The van der Waals surface area contributed by atoms with Crippen molar-refractivity contribution in [2.24, 2.45) is 5.41 Å². The number of piperidine rings is 1. The van der Waals surface area contributed by atoms with Gasteiger partial charge >= 0.3 is 0 Å². The molecule has 4 rings (SSSR count). The molecule has 6 nitrogen and oxygen atoms in total. The highest BCUT2D eigenvalue weighted by molar-refractivity contribution is 5.83. The van der Waals surface area contributed by atoms with E-state index in [0.29, 0.717) is 13.0 Å². The third-order valence-electron chi connectivity index (χ3n) is 5.77. The van der Waals surface area contributed by atoms with Crippen molar-refractivity contribution in [3.05, 3.63) is 72.2 Å². The summed E-state index contributed by atoms with van der Waals surface area (Å²) in [6.45, 7) is 2.39. The number of hydrogen-bond donors (Lipinski definition) is 0. The van der Waals surface area contributed by atoms with Gasteiger partial charge in [-0.15, -0.1) is 0 Å². The minimum atomic E-state index is -0.524. The van der Waals surface area contributed by atoms with Crippen molar-refractivity contribution in [2.75, 3.05) is 27.2 Å². The molecule has 1 aromatic carbocycles. The Morgan fingerprint density at radius 1 is 1.17 bits per heavy atom. The largest absolute Gasteiger partial charge is 0.361 e. The van der Waals surface area contributed by atoms with Crippen molar-refractivity contribution < 1.29 is 9.32 Å². The van der Waals surface area contributed by atoms with Crippen molar-refractivity contribution in [3.63, 3.8) is 0 Å². The number of benzene rings is 1. The number of likely N-dealkylation sites (tertiary alicyclic amines) is 1. The number of carbonyl (C=O) groups is 1. The van der Waals surface area contributed by atoms with E-state index in [2.05, 4.69) is 15.0 Å². The average molecular weight is 405 g/mol. The first kappa shape index (κ1) is 20.3. The summed E-state index contributed by atoms with van der Waals surface area (Å²) in [6.07, 6.45) is 4.16. The number of hydrogen-bond acceptors (Lipinski definition) is 5. The molecule has 156 valence electrons. The minimum absolute atomic E-state index is 0.144. The van der Waals surface area contributed by atoms with Gasteiger partial charge in [-0.3, -0.25) is 14.7 Å². The fraction of sp³-hybridized carbons (Fsp3) is 0.375. The second kappa shape index (κ2) is 8.79. The molecular weight excluding hydrogens is 376 g/mol. The van der Waals surface area contributed by atoms with E-state index in [-0.39, 0.29) is 5.91 Å². The highest BCUT2D eigenvalue weighted by Crippen LogP contribution is 2.36. The van der Waals surface area contributed by atoms with Crippen LogP contribution in [0.15, 0.2) is 65.3 Å². The summed E-state index contributed by atoms with van der Waals surface area (Å²) < 4.78 is 5.68. The first-order valence-corrected chi connectivity index (χ1v) is 10.4. The molecule has 0 aliphatic carbocycles. The monoisotopic (exact) mass is 404 g/mol.